The summed E-state index contributed by atoms with van der Waals surface area (Å²) in [7, 11) is -3.94. The van der Waals surface area contributed by atoms with Crippen LogP contribution in [0.2, 0.25) is 5.02 Å². The highest BCUT2D eigenvalue weighted by atomic mass is 35.5. The van der Waals surface area contributed by atoms with Gasteiger partial charge in [-0.15, -0.1) is 0 Å². The van der Waals surface area contributed by atoms with Crippen LogP contribution in [0.3, 0.4) is 0 Å². The highest BCUT2D eigenvalue weighted by Gasteiger charge is 2.31. The summed E-state index contributed by atoms with van der Waals surface area (Å²) < 4.78 is 40.5. The molecule has 0 atom stereocenters. The molecule has 1 aliphatic rings. The second-order valence-electron chi connectivity index (χ2n) is 5.45. The minimum atomic E-state index is -3.94. The summed E-state index contributed by atoms with van der Waals surface area (Å²) in [5.74, 6) is -0.342. The Balaban J connectivity index is 1.79. The molecule has 0 amide bonds. The molecule has 3 rings (SSSR count). The number of hydrogen-bond donors (Lipinski definition) is 0. The van der Waals surface area contributed by atoms with E-state index in [0.717, 1.165) is 6.07 Å². The summed E-state index contributed by atoms with van der Waals surface area (Å²) in [5.41, 5.74) is 0.433. The van der Waals surface area contributed by atoms with Gasteiger partial charge in [0.05, 0.1) is 5.56 Å². The van der Waals surface area contributed by atoms with Crippen LogP contribution in [-0.2, 0) is 10.0 Å². The van der Waals surface area contributed by atoms with Gasteiger partial charge in [0, 0.05) is 37.4 Å². The molecule has 1 aromatic carbocycles. The molecule has 1 aliphatic heterocycles. The molecule has 9 heteroatoms. The highest BCUT2D eigenvalue weighted by molar-refractivity contribution is 7.89. The zero-order chi connectivity index (χ0) is 18.0. The van der Waals surface area contributed by atoms with Crippen molar-refractivity contribution in [3.05, 3.63) is 52.9 Å². The molecule has 2 aromatic rings. The summed E-state index contributed by atoms with van der Waals surface area (Å²) in [6, 6.07) is 8.91. The third-order valence-corrected chi connectivity index (χ3v) is 6.12. The molecule has 6 nitrogen and oxygen atoms in total. The maximum atomic E-state index is 14.0. The number of sulfonamides is 1. The second-order valence-corrected chi connectivity index (χ2v) is 7.80. The van der Waals surface area contributed by atoms with Crippen LogP contribution >= 0.6 is 11.6 Å². The van der Waals surface area contributed by atoms with E-state index < -0.39 is 15.8 Å². The smallest absolute Gasteiger partial charge is 0.246 e. The Labute approximate surface area is 150 Å². The summed E-state index contributed by atoms with van der Waals surface area (Å²) in [6.07, 6.45) is 1.59. The standard InChI is InChI=1S/C16H14ClFN4O2S/c17-13-3-4-15(14(18)10-13)25(23,24)22-8-6-21(7-9-22)16-12(11-19)2-1-5-20-16/h1-5,10H,6-9H2. The molecule has 0 radical (unpaired) electrons. The van der Waals surface area contributed by atoms with Crippen LogP contribution in [0.1, 0.15) is 5.56 Å². The third-order valence-electron chi connectivity index (χ3n) is 3.96. The van der Waals surface area contributed by atoms with Crippen LogP contribution in [-0.4, -0.2) is 43.9 Å². The molecule has 0 aliphatic carbocycles. The average Bonchev–Trinajstić information content (AvgIpc) is 2.61. The van der Waals surface area contributed by atoms with Gasteiger partial charge in [-0.1, -0.05) is 11.6 Å². The Morgan fingerprint density at radius 2 is 1.92 bits per heavy atom. The number of rotatable bonds is 3. The van der Waals surface area contributed by atoms with E-state index in [-0.39, 0.29) is 23.0 Å². The lowest BCUT2D eigenvalue weighted by Crippen LogP contribution is -2.49. The van der Waals surface area contributed by atoms with Crippen molar-refractivity contribution in [3.63, 3.8) is 0 Å². The first-order valence-electron chi connectivity index (χ1n) is 7.49. The van der Waals surface area contributed by atoms with Gasteiger partial charge in [-0.2, -0.15) is 9.57 Å². The number of nitrogens with zero attached hydrogens (tertiary/aromatic N) is 4. The Bertz CT molecular complexity index is 937. The maximum absolute atomic E-state index is 14.0. The quantitative estimate of drug-likeness (QED) is 0.816. The fourth-order valence-corrected chi connectivity index (χ4v) is 4.33. The van der Waals surface area contributed by atoms with Crippen molar-refractivity contribution in [2.24, 2.45) is 0 Å². The molecule has 0 bridgehead atoms. The van der Waals surface area contributed by atoms with Gasteiger partial charge in [-0.05, 0) is 30.3 Å². The van der Waals surface area contributed by atoms with Crippen molar-refractivity contribution in [2.45, 2.75) is 4.90 Å². The maximum Gasteiger partial charge on any atom is 0.246 e. The molecule has 130 valence electrons. The lowest BCUT2D eigenvalue weighted by Gasteiger charge is -2.35. The average molecular weight is 381 g/mol. The van der Waals surface area contributed by atoms with Gasteiger partial charge in [0.15, 0.2) is 0 Å². The van der Waals surface area contributed by atoms with Gasteiger partial charge in [0.2, 0.25) is 10.0 Å². The zero-order valence-electron chi connectivity index (χ0n) is 13.1. The number of hydrogen-bond acceptors (Lipinski definition) is 5. The number of nitriles is 1. The van der Waals surface area contributed by atoms with Gasteiger partial charge in [0.1, 0.15) is 22.6 Å². The van der Waals surface area contributed by atoms with E-state index in [2.05, 4.69) is 11.1 Å². The Kier molecular flexibility index (Phi) is 4.90. The number of piperazine rings is 1. The predicted molar refractivity (Wildman–Crippen MR) is 91.3 cm³/mol. The number of halogens is 2. The molecular weight excluding hydrogens is 367 g/mol. The summed E-state index contributed by atoms with van der Waals surface area (Å²) >= 11 is 5.68. The second kappa shape index (κ2) is 6.96. The molecule has 0 spiro atoms. The Morgan fingerprint density at radius 1 is 1.20 bits per heavy atom. The summed E-state index contributed by atoms with van der Waals surface area (Å²) in [4.78, 5) is 5.67. The molecule has 1 aromatic heterocycles. The monoisotopic (exact) mass is 380 g/mol. The van der Waals surface area contributed by atoms with Crippen molar-refractivity contribution in [2.75, 3.05) is 31.1 Å². The Morgan fingerprint density at radius 3 is 2.56 bits per heavy atom. The van der Waals surface area contributed by atoms with Gasteiger partial charge in [0.25, 0.3) is 0 Å². The SMILES string of the molecule is N#Cc1cccnc1N1CCN(S(=O)(=O)c2ccc(Cl)cc2F)CC1. The van der Waals surface area contributed by atoms with E-state index in [9.17, 15) is 12.8 Å². The van der Waals surface area contributed by atoms with Crippen molar-refractivity contribution in [3.8, 4) is 6.07 Å². The van der Waals surface area contributed by atoms with Gasteiger partial charge < -0.3 is 4.90 Å². The number of benzene rings is 1. The van der Waals surface area contributed by atoms with E-state index in [0.29, 0.717) is 24.5 Å². The van der Waals surface area contributed by atoms with Gasteiger partial charge >= 0.3 is 0 Å². The molecule has 1 saturated heterocycles. The highest BCUT2D eigenvalue weighted by Crippen LogP contribution is 2.25. The van der Waals surface area contributed by atoms with Crippen molar-refractivity contribution < 1.29 is 12.8 Å². The minimum absolute atomic E-state index is 0.139. The largest absolute Gasteiger partial charge is 0.353 e. The first-order chi connectivity index (χ1) is 11.9. The fraction of sp³-hybridized carbons (Fsp3) is 0.250. The van der Waals surface area contributed by atoms with Gasteiger partial charge in [-0.3, -0.25) is 0 Å². The lowest BCUT2D eigenvalue weighted by atomic mass is 10.2. The van der Waals surface area contributed by atoms with E-state index in [1.54, 1.807) is 18.3 Å². The van der Waals surface area contributed by atoms with Crippen molar-refractivity contribution >= 4 is 27.4 Å². The molecule has 0 N–H and O–H groups in total. The predicted octanol–water partition coefficient (Wildman–Crippen LogP) is 2.26. The normalized spacial score (nSPS) is 15.8. The molecule has 1 fully saturated rings. The Hall–Kier alpha value is -2.21. The van der Waals surface area contributed by atoms with Gasteiger partial charge in [-0.25, -0.2) is 17.8 Å². The van der Waals surface area contributed by atoms with Crippen LogP contribution in [0.4, 0.5) is 10.2 Å². The molecule has 25 heavy (non-hydrogen) atoms. The van der Waals surface area contributed by atoms with Crippen LogP contribution in [0.15, 0.2) is 41.4 Å². The zero-order valence-corrected chi connectivity index (χ0v) is 14.6. The molecule has 0 unspecified atom stereocenters. The fourth-order valence-electron chi connectivity index (χ4n) is 2.70. The number of anilines is 1. The lowest BCUT2D eigenvalue weighted by molar-refractivity contribution is 0.381. The van der Waals surface area contributed by atoms with Crippen molar-refractivity contribution in [1.29, 1.82) is 5.26 Å². The van der Waals surface area contributed by atoms with E-state index in [1.807, 2.05) is 4.90 Å². The van der Waals surface area contributed by atoms with Crippen LogP contribution in [0, 0.1) is 17.1 Å². The topological polar surface area (TPSA) is 77.3 Å². The number of pyridine rings is 1. The first kappa shape index (κ1) is 17.6. The van der Waals surface area contributed by atoms with Crippen LogP contribution < -0.4 is 4.90 Å². The van der Waals surface area contributed by atoms with E-state index >= 15 is 0 Å². The molecule has 2 heterocycles. The molecule has 0 saturated carbocycles. The van der Waals surface area contributed by atoms with E-state index in [1.165, 1.54) is 16.4 Å². The molecular formula is C16H14ClFN4O2S. The summed E-state index contributed by atoms with van der Waals surface area (Å²) in [6.45, 7) is 1.07. The van der Waals surface area contributed by atoms with E-state index in [4.69, 9.17) is 16.9 Å². The minimum Gasteiger partial charge on any atom is -0.353 e. The number of aromatic nitrogens is 1. The van der Waals surface area contributed by atoms with Crippen molar-refractivity contribution in [1.82, 2.24) is 9.29 Å². The third kappa shape index (κ3) is 3.44. The van der Waals surface area contributed by atoms with Crippen LogP contribution in [0.25, 0.3) is 0 Å². The van der Waals surface area contributed by atoms with Crippen LogP contribution in [0.5, 0.6) is 0 Å². The summed E-state index contributed by atoms with van der Waals surface area (Å²) in [5, 5.41) is 9.30. The first-order valence-corrected chi connectivity index (χ1v) is 9.30.